The Morgan fingerprint density at radius 1 is 1.27 bits per heavy atom. The molecule has 2 aromatic rings. The third kappa shape index (κ3) is 3.60. The summed E-state index contributed by atoms with van der Waals surface area (Å²) in [6.45, 7) is 8.02. The van der Waals surface area contributed by atoms with E-state index in [1.807, 2.05) is 26.0 Å². The SMILES string of the molecule is CCC(C)Nc1ncnc(Oc2cc(C)c(Cl)c(C)c2)c1N. The molecule has 0 saturated heterocycles. The number of rotatable bonds is 5. The van der Waals surface area contributed by atoms with Crippen LogP contribution in [0.3, 0.4) is 0 Å². The molecule has 1 heterocycles. The van der Waals surface area contributed by atoms with Crippen molar-refractivity contribution in [2.45, 2.75) is 40.2 Å². The van der Waals surface area contributed by atoms with Gasteiger partial charge in [-0.2, -0.15) is 4.98 Å². The molecule has 0 saturated carbocycles. The van der Waals surface area contributed by atoms with Gasteiger partial charge in [-0.3, -0.25) is 0 Å². The van der Waals surface area contributed by atoms with Crippen LogP contribution in [0.1, 0.15) is 31.4 Å². The average molecular weight is 321 g/mol. The molecule has 1 unspecified atom stereocenters. The lowest BCUT2D eigenvalue weighted by atomic mass is 10.1. The Morgan fingerprint density at radius 2 is 1.91 bits per heavy atom. The fraction of sp³-hybridized carbons (Fsp3) is 0.375. The van der Waals surface area contributed by atoms with Crippen molar-refractivity contribution >= 4 is 23.1 Å². The van der Waals surface area contributed by atoms with Gasteiger partial charge in [-0.25, -0.2) is 4.98 Å². The van der Waals surface area contributed by atoms with Crippen LogP contribution in [0, 0.1) is 13.8 Å². The zero-order valence-corrected chi connectivity index (χ0v) is 14.0. The summed E-state index contributed by atoms with van der Waals surface area (Å²) in [5.74, 6) is 1.57. The fourth-order valence-electron chi connectivity index (χ4n) is 1.99. The number of nitrogens with two attached hydrogens (primary N) is 1. The van der Waals surface area contributed by atoms with E-state index in [1.54, 1.807) is 0 Å². The van der Waals surface area contributed by atoms with Crippen LogP contribution in [0.4, 0.5) is 11.5 Å². The fourth-order valence-corrected chi connectivity index (χ4v) is 2.10. The van der Waals surface area contributed by atoms with E-state index in [-0.39, 0.29) is 6.04 Å². The number of aryl methyl sites for hydroxylation is 2. The Hall–Kier alpha value is -2.01. The molecule has 1 atom stereocenters. The molecule has 0 bridgehead atoms. The summed E-state index contributed by atoms with van der Waals surface area (Å²) in [6, 6.07) is 3.99. The Balaban J connectivity index is 2.28. The van der Waals surface area contributed by atoms with Gasteiger partial charge in [0.2, 0.25) is 5.88 Å². The number of hydrogen-bond donors (Lipinski definition) is 2. The van der Waals surface area contributed by atoms with Gasteiger partial charge in [-0.15, -0.1) is 0 Å². The summed E-state index contributed by atoms with van der Waals surface area (Å²) in [5.41, 5.74) is 8.39. The minimum absolute atomic E-state index is 0.269. The number of nitrogen functional groups attached to an aromatic ring is 1. The molecule has 1 aromatic heterocycles. The largest absolute Gasteiger partial charge is 0.437 e. The van der Waals surface area contributed by atoms with Crippen LogP contribution < -0.4 is 15.8 Å². The molecule has 3 N–H and O–H groups in total. The third-order valence-electron chi connectivity index (χ3n) is 3.47. The van der Waals surface area contributed by atoms with E-state index in [2.05, 4.69) is 29.1 Å². The van der Waals surface area contributed by atoms with Gasteiger partial charge in [0, 0.05) is 11.1 Å². The average Bonchev–Trinajstić information content (AvgIpc) is 2.48. The molecule has 2 rings (SSSR count). The zero-order valence-electron chi connectivity index (χ0n) is 13.3. The first-order valence-corrected chi connectivity index (χ1v) is 7.61. The first kappa shape index (κ1) is 16.4. The number of aromatic nitrogens is 2. The summed E-state index contributed by atoms with van der Waals surface area (Å²) in [5, 5.41) is 3.98. The van der Waals surface area contributed by atoms with Gasteiger partial charge in [-0.1, -0.05) is 18.5 Å². The normalized spacial score (nSPS) is 12.0. The van der Waals surface area contributed by atoms with Gasteiger partial charge in [0.15, 0.2) is 5.82 Å². The van der Waals surface area contributed by atoms with E-state index in [9.17, 15) is 0 Å². The quantitative estimate of drug-likeness (QED) is 0.857. The van der Waals surface area contributed by atoms with Crippen LogP contribution in [0.2, 0.25) is 5.02 Å². The van der Waals surface area contributed by atoms with Gasteiger partial charge >= 0.3 is 0 Å². The summed E-state index contributed by atoms with van der Waals surface area (Å²) in [4.78, 5) is 8.29. The molecule has 5 nitrogen and oxygen atoms in total. The highest BCUT2D eigenvalue weighted by molar-refractivity contribution is 6.32. The summed E-state index contributed by atoms with van der Waals surface area (Å²) < 4.78 is 5.81. The van der Waals surface area contributed by atoms with E-state index in [4.69, 9.17) is 22.1 Å². The third-order valence-corrected chi connectivity index (χ3v) is 4.06. The number of anilines is 2. The Bertz CT molecular complexity index is 652. The summed E-state index contributed by atoms with van der Waals surface area (Å²) in [6.07, 6.45) is 2.40. The van der Waals surface area contributed by atoms with Crippen molar-refractivity contribution in [3.05, 3.63) is 34.6 Å². The lowest BCUT2D eigenvalue weighted by Crippen LogP contribution is -2.16. The van der Waals surface area contributed by atoms with Crippen LogP contribution in [-0.2, 0) is 0 Å². The maximum absolute atomic E-state index is 6.17. The molecule has 0 fully saturated rings. The molecule has 118 valence electrons. The monoisotopic (exact) mass is 320 g/mol. The lowest BCUT2D eigenvalue weighted by molar-refractivity contribution is 0.463. The lowest BCUT2D eigenvalue weighted by Gasteiger charge is -2.15. The summed E-state index contributed by atoms with van der Waals surface area (Å²) >= 11 is 6.17. The van der Waals surface area contributed by atoms with Gasteiger partial charge in [0.05, 0.1) is 0 Å². The van der Waals surface area contributed by atoms with E-state index < -0.39 is 0 Å². The minimum Gasteiger partial charge on any atom is -0.437 e. The van der Waals surface area contributed by atoms with E-state index in [1.165, 1.54) is 6.33 Å². The van der Waals surface area contributed by atoms with Crippen molar-refractivity contribution in [3.63, 3.8) is 0 Å². The highest BCUT2D eigenvalue weighted by atomic mass is 35.5. The molecular formula is C16H21ClN4O. The van der Waals surface area contributed by atoms with Crippen LogP contribution in [0.5, 0.6) is 11.6 Å². The Labute approximate surface area is 135 Å². The first-order valence-electron chi connectivity index (χ1n) is 7.24. The van der Waals surface area contributed by atoms with E-state index in [0.717, 1.165) is 22.6 Å². The molecule has 0 spiro atoms. The second kappa shape index (κ2) is 6.83. The van der Waals surface area contributed by atoms with Crippen molar-refractivity contribution in [2.75, 3.05) is 11.1 Å². The smallest absolute Gasteiger partial charge is 0.248 e. The number of nitrogens with zero attached hydrogens (tertiary/aromatic N) is 2. The molecule has 6 heteroatoms. The second-order valence-electron chi connectivity index (χ2n) is 5.37. The van der Waals surface area contributed by atoms with Crippen molar-refractivity contribution < 1.29 is 4.74 Å². The molecule has 0 aliphatic carbocycles. The Kier molecular flexibility index (Phi) is 5.08. The first-order chi connectivity index (χ1) is 10.4. The van der Waals surface area contributed by atoms with Crippen LogP contribution in [0.15, 0.2) is 18.5 Å². The molecule has 0 aliphatic rings. The minimum atomic E-state index is 0.269. The molecule has 0 amide bonds. The predicted octanol–water partition coefficient (Wildman–Crippen LogP) is 4.33. The van der Waals surface area contributed by atoms with E-state index >= 15 is 0 Å². The highest BCUT2D eigenvalue weighted by Crippen LogP contribution is 2.32. The van der Waals surface area contributed by atoms with E-state index in [0.29, 0.717) is 23.1 Å². The van der Waals surface area contributed by atoms with Crippen LogP contribution in [-0.4, -0.2) is 16.0 Å². The molecule has 0 aliphatic heterocycles. The maximum Gasteiger partial charge on any atom is 0.248 e. The summed E-state index contributed by atoms with van der Waals surface area (Å²) in [7, 11) is 0. The number of halogens is 1. The van der Waals surface area contributed by atoms with Crippen LogP contribution in [0.25, 0.3) is 0 Å². The van der Waals surface area contributed by atoms with Gasteiger partial charge in [0.1, 0.15) is 17.8 Å². The maximum atomic E-state index is 6.17. The Morgan fingerprint density at radius 3 is 2.50 bits per heavy atom. The van der Waals surface area contributed by atoms with Gasteiger partial charge in [-0.05, 0) is 50.5 Å². The second-order valence-corrected chi connectivity index (χ2v) is 5.75. The van der Waals surface area contributed by atoms with Crippen LogP contribution >= 0.6 is 11.6 Å². The number of hydrogen-bond acceptors (Lipinski definition) is 5. The van der Waals surface area contributed by atoms with Crippen molar-refractivity contribution in [2.24, 2.45) is 0 Å². The van der Waals surface area contributed by atoms with Crippen molar-refractivity contribution in [3.8, 4) is 11.6 Å². The molecular weight excluding hydrogens is 300 g/mol. The van der Waals surface area contributed by atoms with Gasteiger partial charge in [0.25, 0.3) is 0 Å². The zero-order chi connectivity index (χ0) is 16.3. The van der Waals surface area contributed by atoms with Crippen molar-refractivity contribution in [1.82, 2.24) is 9.97 Å². The number of benzene rings is 1. The van der Waals surface area contributed by atoms with Gasteiger partial charge < -0.3 is 15.8 Å². The topological polar surface area (TPSA) is 73.1 Å². The standard InChI is InChI=1S/C16H21ClN4O/c1-5-11(4)21-15-14(18)16(20-8-19-15)22-12-6-9(2)13(17)10(3)7-12/h6-8,11H,5,18H2,1-4H3,(H,19,20,21). The van der Waals surface area contributed by atoms with Crippen molar-refractivity contribution in [1.29, 1.82) is 0 Å². The molecule has 22 heavy (non-hydrogen) atoms. The highest BCUT2D eigenvalue weighted by Gasteiger charge is 2.13. The molecule has 1 aromatic carbocycles. The molecule has 0 radical (unpaired) electrons. The predicted molar refractivity (Wildman–Crippen MR) is 90.8 cm³/mol. The number of nitrogens with one attached hydrogen (secondary N) is 1. The number of ether oxygens (including phenoxy) is 1.